The molecule has 0 aliphatic heterocycles. The van der Waals surface area contributed by atoms with Gasteiger partial charge in [-0.05, 0) is 59.5 Å². The maximum atomic E-state index is 12.1. The molecule has 2 unspecified atom stereocenters. The monoisotopic (exact) mass is 442 g/mol. The Morgan fingerprint density at radius 1 is 1.03 bits per heavy atom. The molecule has 7 nitrogen and oxygen atoms in total. The number of nitrogens with one attached hydrogen (secondary N) is 1. The van der Waals surface area contributed by atoms with Crippen molar-refractivity contribution < 1.29 is 14.6 Å². The molecule has 0 bridgehead atoms. The van der Waals surface area contributed by atoms with Crippen LogP contribution in [0.15, 0.2) is 79.1 Å². The molecule has 7 heteroatoms. The molecule has 4 aromatic rings. The van der Waals surface area contributed by atoms with Gasteiger partial charge >= 0.3 is 5.97 Å². The van der Waals surface area contributed by atoms with E-state index in [1.165, 1.54) is 0 Å². The van der Waals surface area contributed by atoms with Crippen LogP contribution in [0.2, 0.25) is 0 Å². The summed E-state index contributed by atoms with van der Waals surface area (Å²) in [4.78, 5) is 12.1. The first kappa shape index (κ1) is 22.1. The molecule has 168 valence electrons. The van der Waals surface area contributed by atoms with Gasteiger partial charge in [-0.2, -0.15) is 0 Å². The Balaban J connectivity index is 1.53. The molecule has 0 aliphatic carbocycles. The highest BCUT2D eigenvalue weighted by atomic mass is 16.5. The molecule has 1 aromatic heterocycles. The molecule has 1 heterocycles. The van der Waals surface area contributed by atoms with Crippen LogP contribution in [0.4, 0.5) is 0 Å². The fraction of sp³-hybridized carbons (Fsp3) is 0.154. The molecule has 0 amide bonds. The number of hydrogen-bond donors (Lipinski definition) is 4. The van der Waals surface area contributed by atoms with Crippen molar-refractivity contribution in [2.45, 2.75) is 25.4 Å². The van der Waals surface area contributed by atoms with Gasteiger partial charge in [-0.25, -0.2) is 0 Å². The molecule has 0 radical (unpaired) electrons. The predicted octanol–water partition coefficient (Wildman–Crippen LogP) is 4.61. The minimum absolute atomic E-state index is 0.00197. The summed E-state index contributed by atoms with van der Waals surface area (Å²) in [7, 11) is 0. The van der Waals surface area contributed by atoms with Crippen molar-refractivity contribution in [1.29, 1.82) is 5.41 Å². The third kappa shape index (κ3) is 5.05. The highest BCUT2D eigenvalue weighted by Crippen LogP contribution is 2.28. The summed E-state index contributed by atoms with van der Waals surface area (Å²) in [6, 6.07) is 20.4. The van der Waals surface area contributed by atoms with Gasteiger partial charge in [0.25, 0.3) is 0 Å². The lowest BCUT2D eigenvalue weighted by Gasteiger charge is -2.14. The van der Waals surface area contributed by atoms with Crippen LogP contribution in [-0.4, -0.2) is 21.5 Å². The SMILES string of the molecule is CC(N)n1ccc(Oc2ccc(C(Cc3ccc4ccc(C(=N)N)cc4c3)C(=O)O)cc2)c1. The van der Waals surface area contributed by atoms with Gasteiger partial charge in [-0.1, -0.05) is 42.5 Å². The molecule has 0 spiro atoms. The molecule has 3 aromatic carbocycles. The molecule has 0 saturated carbocycles. The second kappa shape index (κ2) is 9.18. The lowest BCUT2D eigenvalue weighted by molar-refractivity contribution is -0.138. The largest absolute Gasteiger partial charge is 0.481 e. The summed E-state index contributed by atoms with van der Waals surface area (Å²) >= 11 is 0. The summed E-state index contributed by atoms with van der Waals surface area (Å²) < 4.78 is 7.69. The fourth-order valence-electron chi connectivity index (χ4n) is 3.78. The van der Waals surface area contributed by atoms with Gasteiger partial charge in [-0.15, -0.1) is 0 Å². The van der Waals surface area contributed by atoms with Crippen LogP contribution in [0, 0.1) is 5.41 Å². The molecule has 6 N–H and O–H groups in total. The molecule has 2 atom stereocenters. The summed E-state index contributed by atoms with van der Waals surface area (Å²) in [5.74, 6) is -0.312. The van der Waals surface area contributed by atoms with Gasteiger partial charge in [0.2, 0.25) is 0 Å². The van der Waals surface area contributed by atoms with E-state index in [0.29, 0.717) is 29.0 Å². The van der Waals surface area contributed by atoms with Crippen molar-refractivity contribution in [2.75, 3.05) is 0 Å². The van der Waals surface area contributed by atoms with Crippen molar-refractivity contribution in [3.8, 4) is 11.5 Å². The van der Waals surface area contributed by atoms with E-state index < -0.39 is 11.9 Å². The highest BCUT2D eigenvalue weighted by molar-refractivity contribution is 5.99. The number of carboxylic acid groups (broad SMARTS) is 1. The zero-order chi connectivity index (χ0) is 23.5. The molecular formula is C26H26N4O3. The zero-order valence-electron chi connectivity index (χ0n) is 18.2. The number of nitrogens with zero attached hydrogens (tertiary/aromatic N) is 1. The number of carbonyl (C=O) groups is 1. The molecular weight excluding hydrogens is 416 g/mol. The van der Waals surface area contributed by atoms with Crippen molar-refractivity contribution in [2.24, 2.45) is 11.5 Å². The van der Waals surface area contributed by atoms with E-state index in [1.807, 2.05) is 60.3 Å². The van der Waals surface area contributed by atoms with Crippen LogP contribution in [0.25, 0.3) is 10.8 Å². The van der Waals surface area contributed by atoms with E-state index >= 15 is 0 Å². The molecule has 4 rings (SSSR count). The van der Waals surface area contributed by atoms with E-state index in [9.17, 15) is 9.90 Å². The van der Waals surface area contributed by atoms with Crippen molar-refractivity contribution >= 4 is 22.6 Å². The number of fused-ring (bicyclic) bond motifs is 1. The van der Waals surface area contributed by atoms with Gasteiger partial charge in [-0.3, -0.25) is 10.2 Å². The number of nitrogen functional groups attached to an aromatic ring is 1. The second-order valence-electron chi connectivity index (χ2n) is 8.11. The Bertz CT molecular complexity index is 1310. The van der Waals surface area contributed by atoms with Crippen LogP contribution in [0.1, 0.15) is 35.7 Å². The summed E-state index contributed by atoms with van der Waals surface area (Å²) in [6.45, 7) is 1.88. The maximum absolute atomic E-state index is 12.1. The Kier molecular flexibility index (Phi) is 6.15. The van der Waals surface area contributed by atoms with E-state index in [4.69, 9.17) is 21.6 Å². The van der Waals surface area contributed by atoms with E-state index in [1.54, 1.807) is 30.3 Å². The molecule has 33 heavy (non-hydrogen) atoms. The topological polar surface area (TPSA) is 127 Å². The standard InChI is InChI=1S/C26H26N4O3/c1-16(27)30-11-10-23(15-30)33-22-8-6-19(7-9-22)24(26(31)32)13-17-2-3-18-4-5-20(25(28)29)14-21(18)12-17/h2-12,14-16,24H,13,27H2,1H3,(H3,28,29)(H,31,32). The smallest absolute Gasteiger partial charge is 0.311 e. The summed E-state index contributed by atoms with van der Waals surface area (Å²) in [5, 5.41) is 19.5. The van der Waals surface area contributed by atoms with Gasteiger partial charge in [0.1, 0.15) is 17.3 Å². The van der Waals surface area contributed by atoms with Gasteiger partial charge in [0.05, 0.1) is 12.1 Å². The van der Waals surface area contributed by atoms with E-state index in [2.05, 4.69) is 0 Å². The lowest BCUT2D eigenvalue weighted by atomic mass is 9.91. The predicted molar refractivity (Wildman–Crippen MR) is 129 cm³/mol. The average Bonchev–Trinajstić information content (AvgIpc) is 3.26. The van der Waals surface area contributed by atoms with Crippen LogP contribution in [-0.2, 0) is 11.2 Å². The summed E-state index contributed by atoms with van der Waals surface area (Å²) in [6.07, 6.45) is 3.85. The van der Waals surface area contributed by atoms with Crippen molar-refractivity contribution in [3.63, 3.8) is 0 Å². The van der Waals surface area contributed by atoms with Gasteiger partial charge in [0, 0.05) is 18.0 Å². The number of aromatic nitrogens is 1. The van der Waals surface area contributed by atoms with Gasteiger partial charge < -0.3 is 25.9 Å². The van der Waals surface area contributed by atoms with Crippen molar-refractivity contribution in [1.82, 2.24) is 4.57 Å². The van der Waals surface area contributed by atoms with Crippen LogP contribution in [0.3, 0.4) is 0 Å². The third-order valence-electron chi connectivity index (χ3n) is 5.63. The quantitative estimate of drug-likeness (QED) is 0.234. The first-order chi connectivity index (χ1) is 15.8. The summed E-state index contributed by atoms with van der Waals surface area (Å²) in [5.41, 5.74) is 13.7. The number of benzene rings is 3. The molecule has 0 saturated heterocycles. The molecule has 0 aliphatic rings. The van der Waals surface area contributed by atoms with E-state index in [-0.39, 0.29) is 12.0 Å². The number of nitrogens with two attached hydrogens (primary N) is 2. The number of rotatable bonds is 8. The van der Waals surface area contributed by atoms with Crippen LogP contribution in [0.5, 0.6) is 11.5 Å². The van der Waals surface area contributed by atoms with E-state index in [0.717, 1.165) is 16.3 Å². The number of hydrogen-bond acceptors (Lipinski definition) is 4. The number of aliphatic carboxylic acids is 1. The Labute approximate surface area is 191 Å². The fourth-order valence-corrected chi connectivity index (χ4v) is 3.78. The third-order valence-corrected chi connectivity index (χ3v) is 5.63. The minimum atomic E-state index is -0.893. The van der Waals surface area contributed by atoms with Crippen molar-refractivity contribution in [3.05, 3.63) is 95.8 Å². The first-order valence-corrected chi connectivity index (χ1v) is 10.6. The number of amidine groups is 1. The number of ether oxygens (including phenoxy) is 1. The zero-order valence-corrected chi connectivity index (χ0v) is 18.2. The second-order valence-corrected chi connectivity index (χ2v) is 8.11. The Hall–Kier alpha value is -4.10. The Morgan fingerprint density at radius 2 is 1.76 bits per heavy atom. The number of carboxylic acids is 1. The van der Waals surface area contributed by atoms with Crippen LogP contribution < -0.4 is 16.2 Å². The minimum Gasteiger partial charge on any atom is -0.481 e. The molecule has 0 fully saturated rings. The Morgan fingerprint density at radius 3 is 2.39 bits per heavy atom. The van der Waals surface area contributed by atoms with Gasteiger partial charge in [0.15, 0.2) is 0 Å². The lowest BCUT2D eigenvalue weighted by Crippen LogP contribution is -2.14. The maximum Gasteiger partial charge on any atom is 0.311 e. The highest BCUT2D eigenvalue weighted by Gasteiger charge is 2.21. The first-order valence-electron chi connectivity index (χ1n) is 10.6. The van der Waals surface area contributed by atoms with Crippen LogP contribution >= 0.6 is 0 Å². The normalized spacial score (nSPS) is 12.9. The average molecular weight is 443 g/mol.